The monoisotopic (exact) mass is 402 g/mol. The number of nitrogens with one attached hydrogen (secondary N) is 1. The topological polar surface area (TPSA) is 69.0 Å². The van der Waals surface area contributed by atoms with Gasteiger partial charge in [-0.3, -0.25) is 4.79 Å². The van der Waals surface area contributed by atoms with Gasteiger partial charge in [0.1, 0.15) is 11.6 Å². The van der Waals surface area contributed by atoms with Gasteiger partial charge in [0.15, 0.2) is 5.82 Å². The SMILES string of the molecule is COc1ccc(-n2nc(C(=O)Nc3ccc(F)cc3)nc2-c2ccc(C)cc2)cc1. The third kappa shape index (κ3) is 4.05. The Bertz CT molecular complexity index is 1170. The number of anilines is 1. The summed E-state index contributed by atoms with van der Waals surface area (Å²) >= 11 is 0. The number of hydrogen-bond donors (Lipinski definition) is 1. The first-order chi connectivity index (χ1) is 14.5. The van der Waals surface area contributed by atoms with Gasteiger partial charge in [-0.2, -0.15) is 0 Å². The number of nitrogens with zero attached hydrogens (tertiary/aromatic N) is 3. The van der Waals surface area contributed by atoms with E-state index >= 15 is 0 Å². The average Bonchev–Trinajstić information content (AvgIpc) is 3.21. The Morgan fingerprint density at radius 2 is 1.63 bits per heavy atom. The van der Waals surface area contributed by atoms with Crippen molar-refractivity contribution in [3.05, 3.63) is 90.0 Å². The fourth-order valence-electron chi connectivity index (χ4n) is 2.92. The molecule has 0 unspecified atom stereocenters. The zero-order valence-corrected chi connectivity index (χ0v) is 16.5. The van der Waals surface area contributed by atoms with Gasteiger partial charge < -0.3 is 10.1 Å². The molecule has 1 heterocycles. The number of rotatable bonds is 5. The predicted octanol–water partition coefficient (Wildman–Crippen LogP) is 4.64. The second-order valence-corrected chi connectivity index (χ2v) is 6.70. The van der Waals surface area contributed by atoms with Crippen molar-refractivity contribution in [2.75, 3.05) is 12.4 Å². The van der Waals surface area contributed by atoms with Gasteiger partial charge in [0.25, 0.3) is 5.91 Å². The number of ether oxygens (including phenoxy) is 1. The third-order valence-corrected chi connectivity index (χ3v) is 4.54. The maximum absolute atomic E-state index is 13.1. The van der Waals surface area contributed by atoms with E-state index in [4.69, 9.17) is 4.74 Å². The Labute approximate surface area is 173 Å². The Morgan fingerprint density at radius 1 is 0.967 bits per heavy atom. The van der Waals surface area contributed by atoms with Crippen LogP contribution in [0.1, 0.15) is 16.2 Å². The van der Waals surface area contributed by atoms with Crippen molar-refractivity contribution in [1.82, 2.24) is 14.8 Å². The largest absolute Gasteiger partial charge is 0.497 e. The lowest BCUT2D eigenvalue weighted by Gasteiger charge is -2.07. The van der Waals surface area contributed by atoms with Crippen LogP contribution >= 0.6 is 0 Å². The minimum Gasteiger partial charge on any atom is -0.497 e. The van der Waals surface area contributed by atoms with E-state index < -0.39 is 5.91 Å². The molecule has 3 aromatic carbocycles. The number of benzene rings is 3. The van der Waals surface area contributed by atoms with Crippen molar-refractivity contribution in [3.63, 3.8) is 0 Å². The minimum atomic E-state index is -0.484. The van der Waals surface area contributed by atoms with Gasteiger partial charge in [-0.15, -0.1) is 5.10 Å². The number of aryl methyl sites for hydroxylation is 1. The molecule has 1 aromatic heterocycles. The van der Waals surface area contributed by atoms with Gasteiger partial charge in [-0.1, -0.05) is 29.8 Å². The van der Waals surface area contributed by atoms with Crippen molar-refractivity contribution in [3.8, 4) is 22.8 Å². The molecule has 0 bridgehead atoms. The molecule has 150 valence electrons. The maximum Gasteiger partial charge on any atom is 0.295 e. The van der Waals surface area contributed by atoms with E-state index in [0.717, 1.165) is 16.8 Å². The van der Waals surface area contributed by atoms with Crippen molar-refractivity contribution >= 4 is 11.6 Å². The van der Waals surface area contributed by atoms with Crippen LogP contribution in [0.25, 0.3) is 17.1 Å². The molecule has 0 radical (unpaired) electrons. The second kappa shape index (κ2) is 8.16. The third-order valence-electron chi connectivity index (χ3n) is 4.54. The number of aromatic nitrogens is 3. The minimum absolute atomic E-state index is 0.00529. The Hall–Kier alpha value is -4.00. The normalized spacial score (nSPS) is 10.6. The van der Waals surface area contributed by atoms with Crippen LogP contribution < -0.4 is 10.1 Å². The van der Waals surface area contributed by atoms with E-state index in [-0.39, 0.29) is 11.6 Å². The number of amides is 1. The van der Waals surface area contributed by atoms with Gasteiger partial charge in [0.2, 0.25) is 5.82 Å². The lowest BCUT2D eigenvalue weighted by atomic mass is 10.1. The van der Waals surface area contributed by atoms with Crippen LogP contribution in [0.4, 0.5) is 10.1 Å². The van der Waals surface area contributed by atoms with E-state index in [2.05, 4.69) is 15.4 Å². The summed E-state index contributed by atoms with van der Waals surface area (Å²) in [6.07, 6.45) is 0. The molecule has 0 aliphatic carbocycles. The van der Waals surface area contributed by atoms with Crippen LogP contribution in [-0.4, -0.2) is 27.8 Å². The lowest BCUT2D eigenvalue weighted by molar-refractivity contribution is 0.101. The molecule has 1 amide bonds. The number of carbonyl (C=O) groups excluding carboxylic acids is 1. The summed E-state index contributed by atoms with van der Waals surface area (Å²) in [5.74, 6) is 0.388. The van der Waals surface area contributed by atoms with Crippen LogP contribution in [0.15, 0.2) is 72.8 Å². The molecule has 0 fully saturated rings. The molecule has 0 aliphatic rings. The first-order valence-electron chi connectivity index (χ1n) is 9.29. The van der Waals surface area contributed by atoms with E-state index in [1.807, 2.05) is 55.5 Å². The van der Waals surface area contributed by atoms with Crippen molar-refractivity contribution in [1.29, 1.82) is 0 Å². The molecular weight excluding hydrogens is 383 g/mol. The van der Waals surface area contributed by atoms with E-state index in [1.165, 1.54) is 24.3 Å². The van der Waals surface area contributed by atoms with Crippen molar-refractivity contribution < 1.29 is 13.9 Å². The lowest BCUT2D eigenvalue weighted by Crippen LogP contribution is -2.14. The van der Waals surface area contributed by atoms with E-state index in [9.17, 15) is 9.18 Å². The quantitative estimate of drug-likeness (QED) is 0.528. The molecule has 0 atom stereocenters. The summed E-state index contributed by atoms with van der Waals surface area (Å²) in [7, 11) is 1.60. The van der Waals surface area contributed by atoms with Crippen molar-refractivity contribution in [2.45, 2.75) is 6.92 Å². The second-order valence-electron chi connectivity index (χ2n) is 6.70. The Morgan fingerprint density at radius 3 is 2.27 bits per heavy atom. The summed E-state index contributed by atoms with van der Waals surface area (Å²) < 4.78 is 19.9. The number of methoxy groups -OCH3 is 1. The van der Waals surface area contributed by atoms with Gasteiger partial charge in [0, 0.05) is 11.3 Å². The fraction of sp³-hybridized carbons (Fsp3) is 0.0870. The van der Waals surface area contributed by atoms with Gasteiger partial charge >= 0.3 is 0 Å². The fourth-order valence-corrected chi connectivity index (χ4v) is 2.92. The molecule has 7 heteroatoms. The molecule has 0 saturated heterocycles. The van der Waals surface area contributed by atoms with Crippen molar-refractivity contribution in [2.24, 2.45) is 0 Å². The smallest absolute Gasteiger partial charge is 0.295 e. The maximum atomic E-state index is 13.1. The predicted molar refractivity (Wildman–Crippen MR) is 112 cm³/mol. The summed E-state index contributed by atoms with van der Waals surface area (Å²) in [6.45, 7) is 2.00. The van der Waals surface area contributed by atoms with Gasteiger partial charge in [0.05, 0.1) is 12.8 Å². The molecule has 4 aromatic rings. The van der Waals surface area contributed by atoms with E-state index in [0.29, 0.717) is 17.3 Å². The molecule has 4 rings (SSSR count). The highest BCUT2D eigenvalue weighted by atomic mass is 19.1. The summed E-state index contributed by atoms with van der Waals surface area (Å²) in [4.78, 5) is 17.2. The standard InChI is InChI=1S/C23H19FN4O2/c1-15-3-5-16(6-4-15)22-26-21(23(29)25-18-9-7-17(24)8-10-18)27-28(22)19-11-13-20(30-2)14-12-19/h3-14H,1-2H3,(H,25,29). The molecule has 30 heavy (non-hydrogen) atoms. The highest BCUT2D eigenvalue weighted by Gasteiger charge is 2.19. The summed E-state index contributed by atoms with van der Waals surface area (Å²) in [5, 5.41) is 7.12. The van der Waals surface area contributed by atoms with Crippen LogP contribution in [0, 0.1) is 12.7 Å². The summed E-state index contributed by atoms with van der Waals surface area (Å²) in [6, 6.07) is 20.6. The van der Waals surface area contributed by atoms with Crippen LogP contribution in [0.5, 0.6) is 5.75 Å². The van der Waals surface area contributed by atoms with Crippen LogP contribution in [0.3, 0.4) is 0 Å². The number of carbonyl (C=O) groups is 1. The number of halogens is 1. The first kappa shape index (κ1) is 19.3. The van der Waals surface area contributed by atoms with Crippen LogP contribution in [-0.2, 0) is 0 Å². The molecule has 1 N–H and O–H groups in total. The molecule has 0 saturated carbocycles. The molecular formula is C23H19FN4O2. The highest BCUT2D eigenvalue weighted by molar-refractivity contribution is 6.01. The zero-order chi connectivity index (χ0) is 21.1. The first-order valence-corrected chi connectivity index (χ1v) is 9.29. The Balaban J connectivity index is 1.73. The highest BCUT2D eigenvalue weighted by Crippen LogP contribution is 2.23. The summed E-state index contributed by atoms with van der Waals surface area (Å²) in [5.41, 5.74) is 3.13. The van der Waals surface area contributed by atoms with Crippen LogP contribution in [0.2, 0.25) is 0 Å². The number of hydrogen-bond acceptors (Lipinski definition) is 4. The van der Waals surface area contributed by atoms with Gasteiger partial charge in [-0.05, 0) is 55.5 Å². The molecule has 6 nitrogen and oxygen atoms in total. The van der Waals surface area contributed by atoms with E-state index in [1.54, 1.807) is 11.8 Å². The zero-order valence-electron chi connectivity index (χ0n) is 16.5. The molecule has 0 spiro atoms. The Kier molecular flexibility index (Phi) is 5.26. The molecule has 0 aliphatic heterocycles. The average molecular weight is 402 g/mol. The van der Waals surface area contributed by atoms with Gasteiger partial charge in [-0.25, -0.2) is 14.1 Å².